The van der Waals surface area contributed by atoms with Crippen LogP contribution in [0.15, 0.2) is 24.3 Å². The highest BCUT2D eigenvalue weighted by Gasteiger charge is 2.14. The van der Waals surface area contributed by atoms with Gasteiger partial charge in [0.15, 0.2) is 0 Å². The molecule has 94 valence electrons. The van der Waals surface area contributed by atoms with Crippen LogP contribution in [0.2, 0.25) is 0 Å². The Balaban J connectivity index is 2.68. The van der Waals surface area contributed by atoms with Gasteiger partial charge in [0.2, 0.25) is 0 Å². The number of hydrogen-bond donors (Lipinski definition) is 1. The number of aryl methyl sites for hydroxylation is 1. The van der Waals surface area contributed by atoms with Crippen LogP contribution in [0.5, 0.6) is 0 Å². The molecule has 0 saturated carbocycles. The van der Waals surface area contributed by atoms with Crippen molar-refractivity contribution in [2.45, 2.75) is 33.2 Å². The van der Waals surface area contributed by atoms with Crippen molar-refractivity contribution >= 4 is 5.97 Å². The fraction of sp³-hybridized carbons (Fsp3) is 0.500. The fourth-order valence-electron chi connectivity index (χ4n) is 1.92. The zero-order valence-electron chi connectivity index (χ0n) is 10.8. The molecule has 0 spiro atoms. The minimum absolute atomic E-state index is 0.198. The number of carboxylic acid groups (broad SMARTS) is 1. The lowest BCUT2D eigenvalue weighted by atomic mass is 10.0. The van der Waals surface area contributed by atoms with Gasteiger partial charge in [-0.1, -0.05) is 36.8 Å². The fourth-order valence-corrected chi connectivity index (χ4v) is 1.92. The van der Waals surface area contributed by atoms with Crippen molar-refractivity contribution in [3.63, 3.8) is 0 Å². The van der Waals surface area contributed by atoms with Gasteiger partial charge in [-0.3, -0.25) is 9.69 Å². The van der Waals surface area contributed by atoms with E-state index in [0.717, 1.165) is 6.54 Å². The van der Waals surface area contributed by atoms with E-state index in [0.29, 0.717) is 6.54 Å². The van der Waals surface area contributed by atoms with Crippen LogP contribution in [0, 0.1) is 6.92 Å². The Morgan fingerprint density at radius 3 is 2.41 bits per heavy atom. The van der Waals surface area contributed by atoms with E-state index in [1.807, 2.05) is 0 Å². The highest BCUT2D eigenvalue weighted by atomic mass is 16.4. The van der Waals surface area contributed by atoms with Gasteiger partial charge in [-0.2, -0.15) is 0 Å². The Morgan fingerprint density at radius 1 is 1.35 bits per heavy atom. The first-order chi connectivity index (χ1) is 8.04. The van der Waals surface area contributed by atoms with Crippen LogP contribution in [0.1, 0.15) is 37.4 Å². The number of benzene rings is 1. The third-order valence-electron chi connectivity index (χ3n) is 3.13. The van der Waals surface area contributed by atoms with E-state index in [4.69, 9.17) is 5.11 Å². The number of carboxylic acids is 1. The van der Waals surface area contributed by atoms with Crippen molar-refractivity contribution in [2.75, 3.05) is 13.1 Å². The molecule has 1 N–H and O–H groups in total. The molecule has 17 heavy (non-hydrogen) atoms. The third-order valence-corrected chi connectivity index (χ3v) is 3.13. The van der Waals surface area contributed by atoms with Gasteiger partial charge in [0, 0.05) is 12.6 Å². The Labute approximate surface area is 103 Å². The van der Waals surface area contributed by atoms with E-state index in [2.05, 4.69) is 49.9 Å². The second-order valence-electron chi connectivity index (χ2n) is 4.36. The topological polar surface area (TPSA) is 40.5 Å². The van der Waals surface area contributed by atoms with Crippen molar-refractivity contribution in [3.8, 4) is 0 Å². The molecule has 0 aliphatic heterocycles. The second kappa shape index (κ2) is 6.40. The summed E-state index contributed by atoms with van der Waals surface area (Å²) >= 11 is 0. The van der Waals surface area contributed by atoms with Crippen LogP contribution in [0.4, 0.5) is 0 Å². The molecule has 1 aromatic rings. The van der Waals surface area contributed by atoms with Gasteiger partial charge >= 0.3 is 5.97 Å². The molecular formula is C14H21NO2. The molecule has 0 aliphatic carbocycles. The van der Waals surface area contributed by atoms with Gasteiger partial charge in [0.25, 0.3) is 0 Å². The molecule has 1 atom stereocenters. The van der Waals surface area contributed by atoms with Crippen LogP contribution in [-0.2, 0) is 4.79 Å². The van der Waals surface area contributed by atoms with Crippen LogP contribution >= 0.6 is 0 Å². The van der Waals surface area contributed by atoms with Crippen LogP contribution in [0.25, 0.3) is 0 Å². The van der Waals surface area contributed by atoms with Gasteiger partial charge in [-0.25, -0.2) is 0 Å². The Kier molecular flexibility index (Phi) is 5.16. The number of rotatable bonds is 6. The average molecular weight is 235 g/mol. The smallest absolute Gasteiger partial charge is 0.304 e. The summed E-state index contributed by atoms with van der Waals surface area (Å²) in [7, 11) is 0. The summed E-state index contributed by atoms with van der Waals surface area (Å²) in [5.74, 6) is -0.737. The lowest BCUT2D eigenvalue weighted by molar-refractivity contribution is -0.137. The molecule has 0 radical (unpaired) electrons. The maximum absolute atomic E-state index is 10.6. The first-order valence-corrected chi connectivity index (χ1v) is 6.07. The number of nitrogens with zero attached hydrogens (tertiary/aromatic N) is 1. The Bertz CT molecular complexity index is 359. The normalized spacial score (nSPS) is 12.7. The zero-order valence-corrected chi connectivity index (χ0v) is 10.8. The highest BCUT2D eigenvalue weighted by molar-refractivity contribution is 5.66. The zero-order chi connectivity index (χ0) is 12.8. The van der Waals surface area contributed by atoms with E-state index in [1.165, 1.54) is 11.1 Å². The molecule has 1 rings (SSSR count). The molecule has 0 saturated heterocycles. The molecule has 1 unspecified atom stereocenters. The monoisotopic (exact) mass is 235 g/mol. The van der Waals surface area contributed by atoms with E-state index in [-0.39, 0.29) is 12.5 Å². The van der Waals surface area contributed by atoms with Crippen LogP contribution in [-0.4, -0.2) is 29.1 Å². The lowest BCUT2D eigenvalue weighted by Gasteiger charge is -2.27. The molecule has 0 amide bonds. The largest absolute Gasteiger partial charge is 0.481 e. The van der Waals surface area contributed by atoms with Crippen molar-refractivity contribution in [1.29, 1.82) is 0 Å². The summed E-state index contributed by atoms with van der Waals surface area (Å²) < 4.78 is 0. The van der Waals surface area contributed by atoms with Crippen molar-refractivity contribution in [3.05, 3.63) is 35.4 Å². The predicted octanol–water partition coefficient (Wildman–Crippen LogP) is 2.85. The molecule has 0 aliphatic rings. The van der Waals surface area contributed by atoms with Gasteiger partial charge in [-0.05, 0) is 26.0 Å². The summed E-state index contributed by atoms with van der Waals surface area (Å²) in [5, 5.41) is 8.72. The van der Waals surface area contributed by atoms with E-state index in [9.17, 15) is 4.79 Å². The van der Waals surface area contributed by atoms with Gasteiger partial charge < -0.3 is 5.11 Å². The molecule has 3 heteroatoms. The minimum atomic E-state index is -0.737. The maximum atomic E-state index is 10.6. The first kappa shape index (κ1) is 13.7. The molecule has 1 aromatic carbocycles. The predicted molar refractivity (Wildman–Crippen MR) is 69.1 cm³/mol. The summed E-state index contributed by atoms with van der Waals surface area (Å²) in [6, 6.07) is 8.68. The first-order valence-electron chi connectivity index (χ1n) is 6.07. The van der Waals surface area contributed by atoms with Gasteiger partial charge in [0.05, 0.1) is 6.42 Å². The van der Waals surface area contributed by atoms with Gasteiger partial charge in [0.1, 0.15) is 0 Å². The molecule has 0 aromatic heterocycles. The summed E-state index contributed by atoms with van der Waals surface area (Å²) in [4.78, 5) is 12.8. The second-order valence-corrected chi connectivity index (χ2v) is 4.36. The molecule has 0 bridgehead atoms. The lowest BCUT2D eigenvalue weighted by Crippen LogP contribution is -2.29. The molecule has 0 fully saturated rings. The molecular weight excluding hydrogens is 214 g/mol. The highest BCUT2D eigenvalue weighted by Crippen LogP contribution is 2.20. The molecule has 0 heterocycles. The van der Waals surface area contributed by atoms with Crippen molar-refractivity contribution in [1.82, 2.24) is 4.90 Å². The summed E-state index contributed by atoms with van der Waals surface area (Å²) in [6.07, 6.45) is 0.198. The number of hydrogen-bond acceptors (Lipinski definition) is 2. The summed E-state index contributed by atoms with van der Waals surface area (Å²) in [5.41, 5.74) is 2.48. The van der Waals surface area contributed by atoms with E-state index < -0.39 is 5.97 Å². The minimum Gasteiger partial charge on any atom is -0.481 e. The van der Waals surface area contributed by atoms with Crippen molar-refractivity contribution < 1.29 is 9.90 Å². The maximum Gasteiger partial charge on any atom is 0.304 e. The van der Waals surface area contributed by atoms with E-state index in [1.54, 1.807) is 0 Å². The summed E-state index contributed by atoms with van der Waals surface area (Å²) in [6.45, 7) is 7.71. The van der Waals surface area contributed by atoms with Crippen LogP contribution in [0.3, 0.4) is 0 Å². The molecule has 3 nitrogen and oxygen atoms in total. The number of aliphatic carboxylic acids is 1. The number of carbonyl (C=O) groups is 1. The quantitative estimate of drug-likeness (QED) is 0.824. The van der Waals surface area contributed by atoms with Crippen LogP contribution < -0.4 is 0 Å². The van der Waals surface area contributed by atoms with Crippen molar-refractivity contribution in [2.24, 2.45) is 0 Å². The van der Waals surface area contributed by atoms with E-state index >= 15 is 0 Å². The standard InChI is InChI=1S/C14H21NO2/c1-4-15(10-9-14(16)17)12(3)13-7-5-11(2)6-8-13/h5-8,12H,4,9-10H2,1-3H3,(H,16,17). The Hall–Kier alpha value is -1.35. The SMILES string of the molecule is CCN(CCC(=O)O)C(C)c1ccc(C)cc1. The Morgan fingerprint density at radius 2 is 1.94 bits per heavy atom. The average Bonchev–Trinajstić information content (AvgIpc) is 2.30. The van der Waals surface area contributed by atoms with Gasteiger partial charge in [-0.15, -0.1) is 0 Å². The third kappa shape index (κ3) is 4.19.